The number of nitrogens with zero attached hydrogens (tertiary/aromatic N) is 2. The van der Waals surface area contributed by atoms with Crippen LogP contribution in [0.4, 0.5) is 0 Å². The van der Waals surface area contributed by atoms with E-state index in [1.807, 2.05) is 54.6 Å². The van der Waals surface area contributed by atoms with E-state index in [0.717, 1.165) is 17.7 Å². The van der Waals surface area contributed by atoms with Crippen molar-refractivity contribution in [2.45, 2.75) is 31.7 Å². The lowest BCUT2D eigenvalue weighted by atomic mass is 10.2. The maximum atomic E-state index is 11.9. The molecule has 2 aromatic carbocycles. The fraction of sp³-hybridized carbons (Fsp3) is 0.250. The van der Waals surface area contributed by atoms with E-state index >= 15 is 0 Å². The summed E-state index contributed by atoms with van der Waals surface area (Å²) < 4.78 is 5.70. The maximum Gasteiger partial charge on any atom is 0.230 e. The molecule has 0 aliphatic heterocycles. The predicted octanol–water partition coefficient (Wildman–Crippen LogP) is 3.35. The topological polar surface area (TPSA) is 79.9 Å². The zero-order chi connectivity index (χ0) is 18.9. The normalized spacial score (nSPS) is 10.6. The number of carbonyl (C=O) groups excluding carboxylic acids is 1. The second-order valence-corrected chi connectivity index (χ2v) is 6.84. The van der Waals surface area contributed by atoms with Crippen LogP contribution in [0.1, 0.15) is 23.9 Å². The molecule has 0 unspecified atom stereocenters. The number of aryl methyl sites for hydroxylation is 1. The van der Waals surface area contributed by atoms with Crippen LogP contribution in [-0.4, -0.2) is 26.8 Å². The van der Waals surface area contributed by atoms with Crippen LogP contribution in [0.15, 0.2) is 59.8 Å². The van der Waals surface area contributed by atoms with Gasteiger partial charge in [0.1, 0.15) is 12.4 Å². The van der Waals surface area contributed by atoms with Gasteiger partial charge in [0.05, 0.1) is 5.75 Å². The number of ether oxygens (including phenoxy) is 1. The van der Waals surface area contributed by atoms with E-state index in [1.165, 1.54) is 17.3 Å². The van der Waals surface area contributed by atoms with Gasteiger partial charge in [-0.15, -0.1) is 5.10 Å². The molecule has 3 aromatic rings. The van der Waals surface area contributed by atoms with Gasteiger partial charge in [-0.1, -0.05) is 61.2 Å². The summed E-state index contributed by atoms with van der Waals surface area (Å²) in [6.07, 6.45) is 1.00. The van der Waals surface area contributed by atoms with Crippen molar-refractivity contribution in [2.75, 3.05) is 5.75 Å². The lowest BCUT2D eigenvalue weighted by Crippen LogP contribution is -2.24. The van der Waals surface area contributed by atoms with E-state index in [0.29, 0.717) is 24.1 Å². The highest BCUT2D eigenvalue weighted by atomic mass is 32.2. The number of amides is 1. The number of hydrogen-bond donors (Lipinski definition) is 2. The zero-order valence-electron chi connectivity index (χ0n) is 15.1. The number of nitrogens with one attached hydrogen (secondary N) is 2. The Bertz CT molecular complexity index is 850. The number of aromatic amines is 1. The Hall–Kier alpha value is -2.80. The summed E-state index contributed by atoms with van der Waals surface area (Å²) in [6, 6.07) is 17.8. The Morgan fingerprint density at radius 2 is 1.89 bits per heavy atom. The average Bonchev–Trinajstić information content (AvgIpc) is 3.18. The highest BCUT2D eigenvalue weighted by molar-refractivity contribution is 7.99. The van der Waals surface area contributed by atoms with E-state index in [-0.39, 0.29) is 11.7 Å². The molecule has 0 saturated heterocycles. The quantitative estimate of drug-likeness (QED) is 0.555. The summed E-state index contributed by atoms with van der Waals surface area (Å²) in [6.45, 7) is 2.94. The Balaban J connectivity index is 1.40. The Labute approximate surface area is 162 Å². The number of thioether (sulfide) groups is 1. The second-order valence-electron chi connectivity index (χ2n) is 5.90. The molecule has 0 atom stereocenters. The number of aromatic nitrogens is 3. The van der Waals surface area contributed by atoms with E-state index < -0.39 is 0 Å². The van der Waals surface area contributed by atoms with Crippen LogP contribution in [0.3, 0.4) is 0 Å². The minimum atomic E-state index is -0.0533. The first-order valence-corrected chi connectivity index (χ1v) is 9.78. The Morgan fingerprint density at radius 1 is 1.11 bits per heavy atom. The molecule has 3 rings (SSSR count). The largest absolute Gasteiger partial charge is 0.486 e. The average molecular weight is 382 g/mol. The molecule has 0 saturated carbocycles. The van der Waals surface area contributed by atoms with Crippen LogP contribution in [0.25, 0.3) is 0 Å². The standard InChI is InChI=1S/C20H22N4O2S/c1-2-15-8-10-17(11-9-15)26-13-18-22-20(24-23-18)27-14-19(25)21-12-16-6-4-3-5-7-16/h3-11H,2,12-14H2,1H3,(H,21,25)(H,22,23,24). The third kappa shape index (κ3) is 6.14. The summed E-state index contributed by atoms with van der Waals surface area (Å²) in [4.78, 5) is 16.3. The maximum absolute atomic E-state index is 11.9. The molecule has 1 amide bonds. The molecule has 7 heteroatoms. The second kappa shape index (κ2) is 9.78. The van der Waals surface area contributed by atoms with Crippen molar-refractivity contribution in [3.05, 3.63) is 71.5 Å². The highest BCUT2D eigenvalue weighted by Crippen LogP contribution is 2.15. The van der Waals surface area contributed by atoms with Gasteiger partial charge in [0.25, 0.3) is 0 Å². The Morgan fingerprint density at radius 3 is 2.63 bits per heavy atom. The Kier molecular flexibility index (Phi) is 6.87. The molecule has 140 valence electrons. The first-order valence-electron chi connectivity index (χ1n) is 8.79. The van der Waals surface area contributed by atoms with Gasteiger partial charge in [-0.25, -0.2) is 4.98 Å². The summed E-state index contributed by atoms with van der Waals surface area (Å²) in [5, 5.41) is 10.4. The third-order valence-electron chi connectivity index (χ3n) is 3.88. The van der Waals surface area contributed by atoms with Crippen LogP contribution in [0.2, 0.25) is 0 Å². The minimum absolute atomic E-state index is 0.0533. The molecule has 2 N–H and O–H groups in total. The number of H-pyrrole nitrogens is 1. The van der Waals surface area contributed by atoms with Crippen LogP contribution in [0, 0.1) is 0 Å². The fourth-order valence-corrected chi connectivity index (χ4v) is 3.00. The summed E-state index contributed by atoms with van der Waals surface area (Å²) in [5.74, 6) is 1.63. The molecule has 0 aliphatic rings. The molecule has 1 aromatic heterocycles. The van der Waals surface area contributed by atoms with Crippen molar-refractivity contribution in [3.8, 4) is 5.75 Å². The van der Waals surface area contributed by atoms with Gasteiger partial charge in [-0.05, 0) is 29.7 Å². The van der Waals surface area contributed by atoms with Crippen LogP contribution in [0.5, 0.6) is 5.75 Å². The van der Waals surface area contributed by atoms with Gasteiger partial charge in [0, 0.05) is 6.54 Å². The lowest BCUT2D eigenvalue weighted by molar-refractivity contribution is -0.118. The van der Waals surface area contributed by atoms with Crippen LogP contribution in [-0.2, 0) is 24.4 Å². The number of hydrogen-bond acceptors (Lipinski definition) is 5. The molecule has 1 heterocycles. The van der Waals surface area contributed by atoms with E-state index in [4.69, 9.17) is 4.74 Å². The summed E-state index contributed by atoms with van der Waals surface area (Å²) in [5.41, 5.74) is 2.34. The first-order chi connectivity index (χ1) is 13.2. The molecule has 6 nitrogen and oxygen atoms in total. The molecular weight excluding hydrogens is 360 g/mol. The van der Waals surface area contributed by atoms with Gasteiger partial charge in [0.2, 0.25) is 11.1 Å². The molecule has 0 radical (unpaired) electrons. The molecule has 27 heavy (non-hydrogen) atoms. The number of benzene rings is 2. The smallest absolute Gasteiger partial charge is 0.230 e. The minimum Gasteiger partial charge on any atom is -0.486 e. The fourth-order valence-electron chi connectivity index (χ4n) is 2.36. The summed E-state index contributed by atoms with van der Waals surface area (Å²) in [7, 11) is 0. The summed E-state index contributed by atoms with van der Waals surface area (Å²) >= 11 is 1.29. The van der Waals surface area contributed by atoms with Crippen molar-refractivity contribution < 1.29 is 9.53 Å². The van der Waals surface area contributed by atoms with Gasteiger partial charge < -0.3 is 10.1 Å². The lowest BCUT2D eigenvalue weighted by Gasteiger charge is -2.04. The van der Waals surface area contributed by atoms with Crippen LogP contribution < -0.4 is 10.1 Å². The van der Waals surface area contributed by atoms with Crippen molar-refractivity contribution in [3.63, 3.8) is 0 Å². The van der Waals surface area contributed by atoms with Gasteiger partial charge >= 0.3 is 0 Å². The molecule has 0 spiro atoms. The molecular formula is C20H22N4O2S. The zero-order valence-corrected chi connectivity index (χ0v) is 16.0. The van der Waals surface area contributed by atoms with Crippen molar-refractivity contribution in [1.82, 2.24) is 20.5 Å². The monoisotopic (exact) mass is 382 g/mol. The number of rotatable bonds is 9. The van der Waals surface area contributed by atoms with Gasteiger partial charge in [-0.3, -0.25) is 9.89 Å². The molecule has 0 aliphatic carbocycles. The molecule has 0 bridgehead atoms. The highest BCUT2D eigenvalue weighted by Gasteiger charge is 2.08. The van der Waals surface area contributed by atoms with Crippen LogP contribution >= 0.6 is 11.8 Å². The van der Waals surface area contributed by atoms with E-state index in [9.17, 15) is 4.79 Å². The van der Waals surface area contributed by atoms with Crippen molar-refractivity contribution in [2.24, 2.45) is 0 Å². The van der Waals surface area contributed by atoms with Crippen molar-refractivity contribution >= 4 is 17.7 Å². The molecule has 0 fully saturated rings. The first kappa shape index (κ1) is 19.0. The van der Waals surface area contributed by atoms with Crippen molar-refractivity contribution in [1.29, 1.82) is 0 Å². The van der Waals surface area contributed by atoms with Gasteiger partial charge in [0.15, 0.2) is 5.82 Å². The van der Waals surface area contributed by atoms with E-state index in [1.54, 1.807) is 0 Å². The third-order valence-corrected chi connectivity index (χ3v) is 4.73. The van der Waals surface area contributed by atoms with E-state index in [2.05, 4.69) is 27.4 Å². The van der Waals surface area contributed by atoms with Gasteiger partial charge in [-0.2, -0.15) is 0 Å². The SMILES string of the molecule is CCc1ccc(OCc2nc(SCC(=O)NCc3ccccc3)n[nH]2)cc1. The predicted molar refractivity (Wildman–Crippen MR) is 106 cm³/mol. The number of carbonyl (C=O) groups is 1.